The van der Waals surface area contributed by atoms with Gasteiger partial charge in [-0.3, -0.25) is 0 Å². The molecule has 2 rings (SSSR count). The molecule has 0 fully saturated rings. The van der Waals surface area contributed by atoms with E-state index in [1.54, 1.807) is 0 Å². The van der Waals surface area contributed by atoms with Gasteiger partial charge in [-0.05, 0) is 0 Å². The molecular formula is C9H9NO3. The molecule has 2 N–H and O–H groups in total. The smallest absolute Gasteiger partial charge is 0.352 e. The first-order valence-electron chi connectivity index (χ1n) is 4.05. The largest absolute Gasteiger partial charge is 0.477 e. The average Bonchev–Trinajstić information content (AvgIpc) is 2.58. The lowest BCUT2D eigenvalue weighted by Crippen LogP contribution is -1.94. The first-order valence-corrected chi connectivity index (χ1v) is 4.05. The van der Waals surface area contributed by atoms with Gasteiger partial charge in [0.2, 0.25) is 0 Å². The summed E-state index contributed by atoms with van der Waals surface area (Å²) >= 11 is 0. The van der Waals surface area contributed by atoms with E-state index in [0.717, 1.165) is 17.7 Å². The Balaban J connectivity index is 2.54. The molecule has 4 heteroatoms. The third-order valence-electron chi connectivity index (χ3n) is 1.94. The van der Waals surface area contributed by atoms with Crippen molar-refractivity contribution in [2.45, 2.75) is 13.3 Å². The van der Waals surface area contributed by atoms with Crippen LogP contribution < -0.4 is 0 Å². The van der Waals surface area contributed by atoms with Crippen molar-refractivity contribution in [3.63, 3.8) is 0 Å². The number of hydrogen-bond acceptors (Lipinski definition) is 2. The summed E-state index contributed by atoms with van der Waals surface area (Å²) in [6.45, 7) is 1.98. The summed E-state index contributed by atoms with van der Waals surface area (Å²) in [5, 5.41) is 8.66. The molecular weight excluding hydrogens is 170 g/mol. The molecule has 0 aromatic carbocycles. The highest BCUT2D eigenvalue weighted by molar-refractivity contribution is 5.91. The highest BCUT2D eigenvalue weighted by Gasteiger charge is 2.10. The van der Waals surface area contributed by atoms with Crippen molar-refractivity contribution in [2.24, 2.45) is 0 Å². The Kier molecular flexibility index (Phi) is 1.62. The molecule has 0 saturated heterocycles. The second-order valence-corrected chi connectivity index (χ2v) is 2.83. The Morgan fingerprint density at radius 3 is 2.92 bits per heavy atom. The van der Waals surface area contributed by atoms with E-state index in [2.05, 4.69) is 4.98 Å². The molecule has 68 valence electrons. The number of aromatic nitrogens is 1. The molecule has 0 bridgehead atoms. The maximum atomic E-state index is 10.6. The third kappa shape index (κ3) is 1.20. The standard InChI is InChI=1S/C9H9NO3/c1-2-5-3-6-8(13-5)4-7(10-6)9(11)12/h3-4,10H,2H2,1H3,(H,11,12). The van der Waals surface area contributed by atoms with Crippen molar-refractivity contribution in [3.05, 3.63) is 23.6 Å². The summed E-state index contributed by atoms with van der Waals surface area (Å²) in [6.07, 6.45) is 0.810. The summed E-state index contributed by atoms with van der Waals surface area (Å²) in [7, 11) is 0. The Morgan fingerprint density at radius 2 is 2.38 bits per heavy atom. The predicted octanol–water partition coefficient (Wildman–Crippen LogP) is 2.02. The zero-order valence-electron chi connectivity index (χ0n) is 7.13. The fourth-order valence-corrected chi connectivity index (χ4v) is 1.26. The van der Waals surface area contributed by atoms with Crippen LogP contribution in [0.4, 0.5) is 0 Å². The number of carboxylic acids is 1. The molecule has 0 radical (unpaired) electrons. The maximum absolute atomic E-state index is 10.6. The van der Waals surface area contributed by atoms with Crippen molar-refractivity contribution in [1.29, 1.82) is 0 Å². The highest BCUT2D eigenvalue weighted by Crippen LogP contribution is 2.20. The molecule has 13 heavy (non-hydrogen) atoms. The number of rotatable bonds is 2. The number of aromatic amines is 1. The minimum Gasteiger partial charge on any atom is -0.477 e. The number of H-pyrrole nitrogens is 1. The summed E-state index contributed by atoms with van der Waals surface area (Å²) in [5.41, 5.74) is 1.51. The first kappa shape index (κ1) is 7.91. The third-order valence-corrected chi connectivity index (χ3v) is 1.94. The molecule has 0 atom stereocenters. The van der Waals surface area contributed by atoms with Crippen LogP contribution in [0.15, 0.2) is 16.5 Å². The van der Waals surface area contributed by atoms with Gasteiger partial charge >= 0.3 is 5.97 Å². The van der Waals surface area contributed by atoms with Crippen LogP contribution in [0.25, 0.3) is 11.1 Å². The van der Waals surface area contributed by atoms with Crippen LogP contribution >= 0.6 is 0 Å². The Bertz CT molecular complexity index is 421. The van der Waals surface area contributed by atoms with Crippen molar-refractivity contribution >= 4 is 17.1 Å². The molecule has 0 unspecified atom stereocenters. The molecule has 0 saturated carbocycles. The van der Waals surface area contributed by atoms with E-state index in [0.29, 0.717) is 5.58 Å². The molecule has 2 aromatic rings. The van der Waals surface area contributed by atoms with Crippen LogP contribution in [0, 0.1) is 0 Å². The molecule has 0 spiro atoms. The Labute approximate surface area is 74.2 Å². The predicted molar refractivity (Wildman–Crippen MR) is 46.9 cm³/mol. The minimum atomic E-state index is -0.968. The van der Waals surface area contributed by atoms with Gasteiger partial charge in [0.1, 0.15) is 11.5 Å². The second kappa shape index (κ2) is 2.65. The number of carboxylic acid groups (broad SMARTS) is 1. The number of furan rings is 1. The van der Waals surface area contributed by atoms with Crippen LogP contribution in [0.1, 0.15) is 23.2 Å². The number of hydrogen-bond donors (Lipinski definition) is 2. The van der Waals surface area contributed by atoms with Crippen LogP contribution in [0.2, 0.25) is 0 Å². The lowest BCUT2D eigenvalue weighted by atomic mass is 10.3. The van der Waals surface area contributed by atoms with Gasteiger partial charge in [0, 0.05) is 18.6 Å². The van der Waals surface area contributed by atoms with E-state index in [9.17, 15) is 4.79 Å². The van der Waals surface area contributed by atoms with Gasteiger partial charge in [0.25, 0.3) is 0 Å². The quantitative estimate of drug-likeness (QED) is 0.741. The molecule has 4 nitrogen and oxygen atoms in total. The van der Waals surface area contributed by atoms with Gasteiger partial charge in [-0.2, -0.15) is 0 Å². The molecule has 0 aliphatic heterocycles. The maximum Gasteiger partial charge on any atom is 0.352 e. The van der Waals surface area contributed by atoms with Gasteiger partial charge < -0.3 is 14.5 Å². The van der Waals surface area contributed by atoms with E-state index in [-0.39, 0.29) is 5.69 Å². The highest BCUT2D eigenvalue weighted by atomic mass is 16.4. The SMILES string of the molecule is CCc1cc2[nH]c(C(=O)O)cc2o1. The van der Waals surface area contributed by atoms with Crippen LogP contribution in [0.5, 0.6) is 0 Å². The number of fused-ring (bicyclic) bond motifs is 1. The van der Waals surface area contributed by atoms with E-state index in [1.807, 2.05) is 13.0 Å². The van der Waals surface area contributed by atoms with E-state index in [4.69, 9.17) is 9.52 Å². The Hall–Kier alpha value is -1.71. The fraction of sp³-hybridized carbons (Fsp3) is 0.222. The molecule has 2 heterocycles. The van der Waals surface area contributed by atoms with Gasteiger partial charge in [-0.15, -0.1) is 0 Å². The van der Waals surface area contributed by atoms with Crippen molar-refractivity contribution in [3.8, 4) is 0 Å². The zero-order valence-corrected chi connectivity index (χ0v) is 7.13. The monoisotopic (exact) mass is 179 g/mol. The number of nitrogens with one attached hydrogen (secondary N) is 1. The zero-order chi connectivity index (χ0) is 9.42. The normalized spacial score (nSPS) is 10.8. The lowest BCUT2D eigenvalue weighted by molar-refractivity contribution is 0.0691. The van der Waals surface area contributed by atoms with Gasteiger partial charge in [0.05, 0.1) is 5.52 Å². The molecule has 0 aliphatic rings. The molecule has 0 aliphatic carbocycles. The second-order valence-electron chi connectivity index (χ2n) is 2.83. The summed E-state index contributed by atoms with van der Waals surface area (Å²) in [6, 6.07) is 3.32. The van der Waals surface area contributed by atoms with E-state index in [1.165, 1.54) is 6.07 Å². The molecule has 0 amide bonds. The van der Waals surface area contributed by atoms with Gasteiger partial charge in [-0.25, -0.2) is 4.79 Å². The number of aromatic carboxylic acids is 1. The number of carbonyl (C=O) groups is 1. The number of aryl methyl sites for hydroxylation is 1. The lowest BCUT2D eigenvalue weighted by Gasteiger charge is -1.85. The van der Waals surface area contributed by atoms with Crippen molar-refractivity contribution < 1.29 is 14.3 Å². The summed E-state index contributed by atoms with van der Waals surface area (Å²) in [4.78, 5) is 13.3. The van der Waals surface area contributed by atoms with Crippen LogP contribution in [-0.4, -0.2) is 16.1 Å². The van der Waals surface area contributed by atoms with E-state index >= 15 is 0 Å². The summed E-state index contributed by atoms with van der Waals surface area (Å²) in [5.74, 6) is -0.109. The minimum absolute atomic E-state index is 0.163. The first-order chi connectivity index (χ1) is 6.20. The van der Waals surface area contributed by atoms with Gasteiger partial charge in [0.15, 0.2) is 5.58 Å². The molecule has 2 aromatic heterocycles. The van der Waals surface area contributed by atoms with E-state index < -0.39 is 5.97 Å². The summed E-state index contributed by atoms with van der Waals surface area (Å²) < 4.78 is 5.35. The van der Waals surface area contributed by atoms with Gasteiger partial charge in [-0.1, -0.05) is 6.92 Å². The van der Waals surface area contributed by atoms with Crippen LogP contribution in [0.3, 0.4) is 0 Å². The van der Waals surface area contributed by atoms with Crippen LogP contribution in [-0.2, 0) is 6.42 Å². The topological polar surface area (TPSA) is 66.2 Å². The average molecular weight is 179 g/mol. The van der Waals surface area contributed by atoms with Crippen molar-refractivity contribution in [1.82, 2.24) is 4.98 Å². The van der Waals surface area contributed by atoms with Crippen molar-refractivity contribution in [2.75, 3.05) is 0 Å². The fourth-order valence-electron chi connectivity index (χ4n) is 1.26. The Morgan fingerprint density at radius 1 is 1.62 bits per heavy atom.